The number of ether oxygens (including phenoxy) is 2. The van der Waals surface area contributed by atoms with Crippen molar-refractivity contribution in [1.82, 2.24) is 19.7 Å². The van der Waals surface area contributed by atoms with Gasteiger partial charge >= 0.3 is 0 Å². The van der Waals surface area contributed by atoms with Crippen LogP contribution in [0, 0.1) is 11.8 Å². The number of amides is 2. The largest absolute Gasteiger partial charge is 0.493 e. The molecule has 1 aliphatic carbocycles. The first-order valence-electron chi connectivity index (χ1n) is 16.3. The van der Waals surface area contributed by atoms with Gasteiger partial charge in [0.05, 0.1) is 25.3 Å². The maximum absolute atomic E-state index is 13.8. The molecule has 47 heavy (non-hydrogen) atoms. The average Bonchev–Trinajstić information content (AvgIpc) is 3.37. The Morgan fingerprint density at radius 2 is 1.68 bits per heavy atom. The number of allylic oxidation sites excluding steroid dienone is 2. The Kier molecular flexibility index (Phi) is 12.0. The van der Waals surface area contributed by atoms with E-state index in [0.29, 0.717) is 18.5 Å². The Morgan fingerprint density at radius 3 is 2.34 bits per heavy atom. The van der Waals surface area contributed by atoms with E-state index in [0.717, 1.165) is 92.4 Å². The molecule has 9 nitrogen and oxygen atoms in total. The van der Waals surface area contributed by atoms with Gasteiger partial charge < -0.3 is 19.3 Å². The molecule has 2 aromatic carbocycles. The number of methoxy groups -OCH3 is 1. The highest BCUT2D eigenvalue weighted by Crippen LogP contribution is 2.46. The van der Waals surface area contributed by atoms with Crippen LogP contribution in [0.1, 0.15) is 60.2 Å². The minimum Gasteiger partial charge on any atom is -0.493 e. The molecule has 11 heteroatoms. The second kappa shape index (κ2) is 15.4. The van der Waals surface area contributed by atoms with Gasteiger partial charge in [0.25, 0.3) is 5.91 Å². The normalized spacial score (nSPS) is 21.7. The number of carbonyl (C=O) groups excluding carboxylic acids is 2. The summed E-state index contributed by atoms with van der Waals surface area (Å²) < 4.78 is 12.0. The average molecular weight is 687 g/mol. The van der Waals surface area contributed by atoms with Crippen LogP contribution in [0.4, 0.5) is 0 Å². The number of nitrogens with zero attached hydrogens (tertiary/aromatic N) is 5. The smallest absolute Gasteiger partial charge is 0.253 e. The van der Waals surface area contributed by atoms with Crippen molar-refractivity contribution in [1.29, 1.82) is 0 Å². The van der Waals surface area contributed by atoms with E-state index in [9.17, 15) is 9.59 Å². The summed E-state index contributed by atoms with van der Waals surface area (Å²) in [4.78, 5) is 33.7. The Balaban J connectivity index is 0.00000250. The highest BCUT2D eigenvalue weighted by molar-refractivity contribution is 6.08. The lowest BCUT2D eigenvalue weighted by Gasteiger charge is -2.37. The summed E-state index contributed by atoms with van der Waals surface area (Å²) in [6.45, 7) is 9.99. The Labute approximate surface area is 291 Å². The van der Waals surface area contributed by atoms with Crippen molar-refractivity contribution in [2.24, 2.45) is 16.9 Å². The first kappa shape index (κ1) is 36.7. The molecule has 3 heterocycles. The minimum absolute atomic E-state index is 0. The topological polar surface area (TPSA) is 77.9 Å². The lowest BCUT2D eigenvalue weighted by atomic mass is 9.75. The number of hydrazone groups is 1. The van der Waals surface area contributed by atoms with Gasteiger partial charge in [-0.1, -0.05) is 24.3 Å². The first-order valence-corrected chi connectivity index (χ1v) is 16.3. The van der Waals surface area contributed by atoms with E-state index >= 15 is 0 Å². The minimum atomic E-state index is -0.346. The monoisotopic (exact) mass is 685 g/mol. The van der Waals surface area contributed by atoms with Crippen LogP contribution in [0.3, 0.4) is 0 Å². The maximum Gasteiger partial charge on any atom is 0.253 e. The second-order valence-corrected chi connectivity index (χ2v) is 13.7. The fourth-order valence-corrected chi connectivity index (χ4v) is 7.13. The Hall–Kier alpha value is -3.11. The molecule has 1 fully saturated rings. The summed E-state index contributed by atoms with van der Waals surface area (Å²) in [5, 5.41) is 6.69. The molecular weight excluding hydrogens is 637 g/mol. The van der Waals surface area contributed by atoms with Crippen molar-refractivity contribution in [2.75, 3.05) is 60.5 Å². The molecule has 0 N–H and O–H groups in total. The molecule has 2 aromatic rings. The summed E-state index contributed by atoms with van der Waals surface area (Å²) in [7, 11) is 5.87. The van der Waals surface area contributed by atoms with Gasteiger partial charge in [-0.25, -0.2) is 5.01 Å². The molecule has 3 aliphatic heterocycles. The molecule has 1 saturated heterocycles. The molecule has 6 rings (SSSR count). The standard InChI is InChI=1S/C36H47N5O4.2ClH/c1-36(2)23-30-28(15-16-31(44-5)33(30)45-36)32-27-9-6-7-10-29(27)35(43)41(37-32)24-25-11-13-26(14-12-25)34(42)40-21-19-39(20-22-40)18-8-17-38(3)4;;/h6-7,11-16,27,29H,8-10,17-24H2,1-5H3;2*1H. The summed E-state index contributed by atoms with van der Waals surface area (Å²) in [6, 6.07) is 11.7. The number of carbonyl (C=O) groups is 2. The molecule has 2 amide bonds. The molecule has 0 spiro atoms. The zero-order chi connectivity index (χ0) is 31.7. The van der Waals surface area contributed by atoms with Crippen LogP contribution in [0.15, 0.2) is 53.7 Å². The van der Waals surface area contributed by atoms with Crippen LogP contribution in [0.25, 0.3) is 0 Å². The van der Waals surface area contributed by atoms with Gasteiger partial charge in [0.2, 0.25) is 5.91 Å². The summed E-state index contributed by atoms with van der Waals surface area (Å²) in [6.07, 6.45) is 7.67. The van der Waals surface area contributed by atoms with E-state index in [2.05, 4.69) is 56.0 Å². The number of halogens is 2. The lowest BCUT2D eigenvalue weighted by molar-refractivity contribution is -0.138. The second-order valence-electron chi connectivity index (χ2n) is 13.7. The third-order valence-corrected chi connectivity index (χ3v) is 9.56. The third kappa shape index (κ3) is 7.96. The van der Waals surface area contributed by atoms with Crippen LogP contribution in [0.2, 0.25) is 0 Å². The van der Waals surface area contributed by atoms with Gasteiger partial charge in [-0.15, -0.1) is 24.8 Å². The van der Waals surface area contributed by atoms with Gasteiger partial charge in [0.1, 0.15) is 5.60 Å². The van der Waals surface area contributed by atoms with Crippen LogP contribution >= 0.6 is 24.8 Å². The van der Waals surface area contributed by atoms with Gasteiger partial charge in [0.15, 0.2) is 11.5 Å². The summed E-state index contributed by atoms with van der Waals surface area (Å²) in [5.41, 5.74) is 4.36. The van der Waals surface area contributed by atoms with Crippen molar-refractivity contribution in [3.05, 3.63) is 70.8 Å². The molecule has 0 saturated carbocycles. The molecule has 2 unspecified atom stereocenters. The first-order chi connectivity index (χ1) is 21.6. The molecule has 0 aromatic heterocycles. The quantitative estimate of drug-likeness (QED) is 0.334. The summed E-state index contributed by atoms with van der Waals surface area (Å²) >= 11 is 0. The van der Waals surface area contributed by atoms with E-state index in [-0.39, 0.29) is 54.1 Å². The van der Waals surface area contributed by atoms with Gasteiger partial charge in [-0.05, 0) is 90.1 Å². The zero-order valence-electron chi connectivity index (χ0n) is 28.2. The predicted molar refractivity (Wildman–Crippen MR) is 190 cm³/mol. The maximum atomic E-state index is 13.8. The van der Waals surface area contributed by atoms with Gasteiger partial charge in [0, 0.05) is 55.2 Å². The fourth-order valence-electron chi connectivity index (χ4n) is 7.13. The number of benzene rings is 2. The molecule has 256 valence electrons. The van der Waals surface area contributed by atoms with Crippen LogP contribution in [0.5, 0.6) is 11.5 Å². The van der Waals surface area contributed by atoms with Crippen molar-refractivity contribution in [3.63, 3.8) is 0 Å². The number of hydrogen-bond acceptors (Lipinski definition) is 7. The van der Waals surface area contributed by atoms with Crippen molar-refractivity contribution in [2.45, 2.75) is 51.7 Å². The van der Waals surface area contributed by atoms with E-state index in [1.165, 1.54) is 0 Å². The van der Waals surface area contributed by atoms with E-state index in [1.54, 1.807) is 12.1 Å². The van der Waals surface area contributed by atoms with Crippen LogP contribution < -0.4 is 9.47 Å². The molecule has 0 bridgehead atoms. The van der Waals surface area contributed by atoms with Crippen LogP contribution in [-0.4, -0.2) is 103 Å². The molecular formula is C36H49Cl2N5O4. The lowest BCUT2D eigenvalue weighted by Crippen LogP contribution is -2.49. The highest BCUT2D eigenvalue weighted by atomic mass is 35.5. The molecule has 0 radical (unpaired) electrons. The van der Waals surface area contributed by atoms with E-state index in [4.69, 9.17) is 14.6 Å². The van der Waals surface area contributed by atoms with Crippen LogP contribution in [-0.2, 0) is 17.8 Å². The van der Waals surface area contributed by atoms with Gasteiger partial charge in [-0.2, -0.15) is 5.10 Å². The number of rotatable bonds is 9. The van der Waals surface area contributed by atoms with E-state index < -0.39 is 0 Å². The third-order valence-electron chi connectivity index (χ3n) is 9.56. The predicted octanol–water partition coefficient (Wildman–Crippen LogP) is 5.29. The summed E-state index contributed by atoms with van der Waals surface area (Å²) in [5.74, 6) is 1.49. The number of piperazine rings is 1. The number of fused-ring (bicyclic) bond motifs is 2. The van der Waals surface area contributed by atoms with Gasteiger partial charge in [-0.3, -0.25) is 14.5 Å². The zero-order valence-corrected chi connectivity index (χ0v) is 29.9. The SMILES string of the molecule is COc1ccc(C2=NN(Cc3ccc(C(=O)N4CCN(CCCN(C)C)CC4)cc3)C(=O)C3CC=CCC23)c2c1OC(C)(C)C2.Cl.Cl. The van der Waals surface area contributed by atoms with Crippen molar-refractivity contribution in [3.8, 4) is 11.5 Å². The molecule has 2 atom stereocenters. The molecule has 4 aliphatic rings. The fraction of sp³-hybridized carbons (Fsp3) is 0.528. The highest BCUT2D eigenvalue weighted by Gasteiger charge is 2.43. The Morgan fingerprint density at radius 1 is 1.00 bits per heavy atom. The Bertz CT molecular complexity index is 1480. The van der Waals surface area contributed by atoms with E-state index in [1.807, 2.05) is 35.2 Å². The number of hydrogen-bond donors (Lipinski definition) is 0. The van der Waals surface area contributed by atoms with Crippen molar-refractivity contribution >= 4 is 42.3 Å². The van der Waals surface area contributed by atoms with Crippen molar-refractivity contribution < 1.29 is 19.1 Å².